The van der Waals surface area contributed by atoms with Crippen LogP contribution in [0.25, 0.3) is 10.9 Å². The molecule has 2 aliphatic rings. The Morgan fingerprint density at radius 2 is 2.13 bits per heavy atom. The van der Waals surface area contributed by atoms with Crippen LogP contribution >= 0.6 is 0 Å². The Hall–Kier alpha value is -3.38. The van der Waals surface area contributed by atoms with Crippen molar-refractivity contribution in [2.24, 2.45) is 5.73 Å². The van der Waals surface area contributed by atoms with Crippen molar-refractivity contribution in [1.29, 1.82) is 5.26 Å². The molecule has 9 heteroatoms. The van der Waals surface area contributed by atoms with Gasteiger partial charge in [-0.2, -0.15) is 5.26 Å². The number of nitriles is 1. The Morgan fingerprint density at radius 3 is 2.73 bits per heavy atom. The molecule has 0 spiro atoms. The molecule has 1 atom stereocenters. The summed E-state index contributed by atoms with van der Waals surface area (Å²) in [5, 5.41) is 18.6. The molecule has 2 aliphatic heterocycles. The van der Waals surface area contributed by atoms with Crippen molar-refractivity contribution in [1.82, 2.24) is 4.57 Å². The molecule has 1 saturated heterocycles. The second kappa shape index (κ2) is 7.46. The van der Waals surface area contributed by atoms with Crippen LogP contribution in [0.5, 0.6) is 5.75 Å². The van der Waals surface area contributed by atoms with Gasteiger partial charge in [-0.15, -0.1) is 0 Å². The van der Waals surface area contributed by atoms with E-state index in [2.05, 4.69) is 6.07 Å². The van der Waals surface area contributed by atoms with E-state index in [4.69, 9.17) is 10.5 Å². The Morgan fingerprint density at radius 1 is 1.43 bits per heavy atom. The molecular formula is C21H21FN4O4. The van der Waals surface area contributed by atoms with Gasteiger partial charge in [-0.3, -0.25) is 4.79 Å². The molecule has 0 aliphatic carbocycles. The highest BCUT2D eigenvalue weighted by molar-refractivity contribution is 5.97. The first-order valence-corrected chi connectivity index (χ1v) is 9.70. The lowest BCUT2D eigenvalue weighted by Crippen LogP contribution is -2.34. The summed E-state index contributed by atoms with van der Waals surface area (Å²) in [4.78, 5) is 26.0. The number of halogens is 1. The van der Waals surface area contributed by atoms with Crippen LogP contribution in [-0.2, 0) is 0 Å². The summed E-state index contributed by atoms with van der Waals surface area (Å²) in [7, 11) is 0. The first-order chi connectivity index (χ1) is 14.4. The quantitative estimate of drug-likeness (QED) is 0.741. The molecule has 0 amide bonds. The number of rotatable bonds is 3. The lowest BCUT2D eigenvalue weighted by molar-refractivity contribution is 0.0694. The van der Waals surface area contributed by atoms with E-state index < -0.39 is 22.8 Å². The van der Waals surface area contributed by atoms with Gasteiger partial charge in [0.1, 0.15) is 17.9 Å². The van der Waals surface area contributed by atoms with Crippen molar-refractivity contribution < 1.29 is 19.0 Å². The number of hydrogen-bond acceptors (Lipinski definition) is 6. The maximum absolute atomic E-state index is 15.2. The minimum atomic E-state index is -1.35. The molecule has 30 heavy (non-hydrogen) atoms. The number of benzene rings is 1. The van der Waals surface area contributed by atoms with Crippen LogP contribution in [0.15, 0.2) is 28.2 Å². The number of ether oxygens (including phenoxy) is 1. The molecule has 0 saturated carbocycles. The Labute approximate surface area is 171 Å². The van der Waals surface area contributed by atoms with Gasteiger partial charge in [0.2, 0.25) is 5.43 Å². The van der Waals surface area contributed by atoms with Gasteiger partial charge < -0.3 is 25.0 Å². The SMILES string of the molecule is C[C@H]1COc2c(N3CCC(=C(C#N)CN)CC3)c(F)cc3c(=O)c(C(=O)O)cn1c23. The fourth-order valence-corrected chi connectivity index (χ4v) is 4.23. The number of aromatic carboxylic acids is 1. The highest BCUT2D eigenvalue weighted by Gasteiger charge is 2.31. The molecule has 3 N–H and O–H groups in total. The van der Waals surface area contributed by atoms with E-state index >= 15 is 4.39 Å². The summed E-state index contributed by atoms with van der Waals surface area (Å²) < 4.78 is 22.8. The minimum Gasteiger partial charge on any atom is -0.487 e. The molecule has 0 radical (unpaired) electrons. The fourth-order valence-electron chi connectivity index (χ4n) is 4.23. The number of nitrogens with two attached hydrogens (primary N) is 1. The predicted molar refractivity (Wildman–Crippen MR) is 108 cm³/mol. The average molecular weight is 412 g/mol. The first kappa shape index (κ1) is 19.9. The topological polar surface area (TPSA) is 122 Å². The Kier molecular flexibility index (Phi) is 4.95. The van der Waals surface area contributed by atoms with Gasteiger partial charge in [0.15, 0.2) is 11.6 Å². The largest absolute Gasteiger partial charge is 0.487 e. The van der Waals surface area contributed by atoms with E-state index in [9.17, 15) is 20.0 Å². The minimum absolute atomic E-state index is 0.00908. The van der Waals surface area contributed by atoms with Gasteiger partial charge in [-0.25, -0.2) is 9.18 Å². The number of piperidine rings is 1. The molecule has 1 aromatic carbocycles. The van der Waals surface area contributed by atoms with Gasteiger partial charge in [0.25, 0.3) is 0 Å². The number of carbonyl (C=O) groups is 1. The Balaban J connectivity index is 1.86. The molecule has 1 aromatic heterocycles. The molecule has 0 bridgehead atoms. The number of aromatic nitrogens is 1. The van der Waals surface area contributed by atoms with Crippen LogP contribution in [0.4, 0.5) is 10.1 Å². The monoisotopic (exact) mass is 412 g/mol. The third-order valence-electron chi connectivity index (χ3n) is 5.82. The second-order valence-electron chi connectivity index (χ2n) is 7.56. The zero-order valence-electron chi connectivity index (χ0n) is 16.4. The van der Waals surface area contributed by atoms with Crippen LogP contribution < -0.4 is 20.8 Å². The summed E-state index contributed by atoms with van der Waals surface area (Å²) in [6.45, 7) is 3.21. The van der Waals surface area contributed by atoms with Crippen molar-refractivity contribution in [3.05, 3.63) is 45.0 Å². The smallest absolute Gasteiger partial charge is 0.341 e. The molecule has 4 rings (SSSR count). The van der Waals surface area contributed by atoms with Crippen molar-refractivity contribution in [3.63, 3.8) is 0 Å². The second-order valence-corrected chi connectivity index (χ2v) is 7.56. The van der Waals surface area contributed by atoms with Crippen molar-refractivity contribution in [2.45, 2.75) is 25.8 Å². The summed E-state index contributed by atoms with van der Waals surface area (Å²) >= 11 is 0. The van der Waals surface area contributed by atoms with Gasteiger partial charge >= 0.3 is 5.97 Å². The molecule has 156 valence electrons. The van der Waals surface area contributed by atoms with E-state index in [1.165, 1.54) is 6.20 Å². The normalized spacial score (nSPS) is 18.1. The fraction of sp³-hybridized carbons (Fsp3) is 0.381. The lowest BCUT2D eigenvalue weighted by atomic mass is 9.97. The molecule has 0 unspecified atom stereocenters. The Bertz CT molecular complexity index is 1180. The van der Waals surface area contributed by atoms with Crippen LogP contribution in [0, 0.1) is 17.1 Å². The summed E-state index contributed by atoms with van der Waals surface area (Å²) in [5.41, 5.74) is 6.70. The van der Waals surface area contributed by atoms with Gasteiger partial charge in [0, 0.05) is 31.4 Å². The third kappa shape index (κ3) is 3.00. The summed E-state index contributed by atoms with van der Waals surface area (Å²) in [6, 6.07) is 3.02. The maximum atomic E-state index is 15.2. The standard InChI is InChI=1S/C21H21FN4O4/c1-11-10-30-20-17-14(19(27)15(21(28)29)9-26(11)17)6-16(22)18(20)25-4-2-12(3-5-25)13(7-23)8-24/h6,9,11H,2-5,7,10,23H2,1H3,(H,28,29)/t11-/m0/s1. The number of nitrogens with zero attached hydrogens (tertiary/aromatic N) is 3. The van der Waals surface area contributed by atoms with E-state index in [0.717, 1.165) is 11.6 Å². The van der Waals surface area contributed by atoms with Gasteiger partial charge in [-0.05, 0) is 25.8 Å². The first-order valence-electron chi connectivity index (χ1n) is 9.70. The van der Waals surface area contributed by atoms with Crippen molar-refractivity contribution in [2.75, 3.05) is 31.1 Å². The van der Waals surface area contributed by atoms with E-state index in [1.54, 1.807) is 4.57 Å². The lowest BCUT2D eigenvalue weighted by Gasteiger charge is -2.35. The van der Waals surface area contributed by atoms with E-state index in [0.29, 0.717) is 37.0 Å². The van der Waals surface area contributed by atoms with E-state index in [1.807, 2.05) is 11.8 Å². The van der Waals surface area contributed by atoms with Crippen LogP contribution in [0.3, 0.4) is 0 Å². The third-order valence-corrected chi connectivity index (χ3v) is 5.82. The molecule has 8 nitrogen and oxygen atoms in total. The van der Waals surface area contributed by atoms with Crippen molar-refractivity contribution >= 4 is 22.6 Å². The number of carboxylic acids is 1. The maximum Gasteiger partial charge on any atom is 0.341 e. The highest BCUT2D eigenvalue weighted by Crippen LogP contribution is 2.42. The van der Waals surface area contributed by atoms with Crippen molar-refractivity contribution in [3.8, 4) is 11.8 Å². The van der Waals surface area contributed by atoms with Gasteiger partial charge in [-0.1, -0.05) is 5.57 Å². The molecule has 1 fully saturated rings. The zero-order chi connectivity index (χ0) is 21.6. The zero-order valence-corrected chi connectivity index (χ0v) is 16.4. The van der Waals surface area contributed by atoms with Gasteiger partial charge in [0.05, 0.1) is 23.0 Å². The number of hydrogen-bond donors (Lipinski definition) is 2. The highest BCUT2D eigenvalue weighted by atomic mass is 19.1. The summed E-state index contributed by atoms with van der Waals surface area (Å²) in [6.07, 6.45) is 2.47. The molecular weight excluding hydrogens is 391 g/mol. The number of anilines is 1. The average Bonchev–Trinajstić information content (AvgIpc) is 2.73. The van der Waals surface area contributed by atoms with Crippen LogP contribution in [0.2, 0.25) is 0 Å². The number of carboxylic acid groups (broad SMARTS) is 1. The molecule has 2 aromatic rings. The van der Waals surface area contributed by atoms with Crippen LogP contribution in [-0.4, -0.2) is 41.9 Å². The van der Waals surface area contributed by atoms with Crippen LogP contribution in [0.1, 0.15) is 36.2 Å². The van der Waals surface area contributed by atoms with E-state index in [-0.39, 0.29) is 36.0 Å². The molecule has 3 heterocycles. The number of pyridine rings is 1. The summed E-state index contributed by atoms with van der Waals surface area (Å²) in [5.74, 6) is -1.73. The predicted octanol–water partition coefficient (Wildman–Crippen LogP) is 2.17.